The van der Waals surface area contributed by atoms with E-state index in [4.69, 9.17) is 16.6 Å². The lowest BCUT2D eigenvalue weighted by molar-refractivity contribution is 0.474. The maximum Gasteiger partial charge on any atom is 0.116 e. The third-order valence-electron chi connectivity index (χ3n) is 1.56. The van der Waals surface area contributed by atoms with Gasteiger partial charge in [0.05, 0.1) is 0 Å². The number of benzene rings is 1. The van der Waals surface area contributed by atoms with Crippen molar-refractivity contribution in [2.45, 2.75) is 13.0 Å². The highest BCUT2D eigenvalue weighted by molar-refractivity contribution is 5.51. The highest BCUT2D eigenvalue weighted by Gasteiger charge is 2.03. The zero-order valence-corrected chi connectivity index (χ0v) is 6.41. The lowest BCUT2D eigenvalue weighted by atomic mass is 10.1. The van der Waals surface area contributed by atoms with Crippen LogP contribution in [0, 0.1) is 0 Å². The highest BCUT2D eigenvalue weighted by Crippen LogP contribution is 2.22. The number of phenolic OH excluding ortho intramolecular Hbond substituents is 1. The van der Waals surface area contributed by atoms with E-state index in [0.29, 0.717) is 5.69 Å². The first-order chi connectivity index (χ1) is 5.11. The van der Waals surface area contributed by atoms with Crippen LogP contribution < -0.4 is 11.5 Å². The molecule has 0 heterocycles. The average molecular weight is 152 g/mol. The smallest absolute Gasteiger partial charge is 0.116 e. The van der Waals surface area contributed by atoms with E-state index in [9.17, 15) is 0 Å². The largest absolute Gasteiger partial charge is 0.508 e. The van der Waals surface area contributed by atoms with Crippen molar-refractivity contribution < 1.29 is 5.11 Å². The Morgan fingerprint density at radius 3 is 2.55 bits per heavy atom. The van der Waals surface area contributed by atoms with Gasteiger partial charge in [-0.25, -0.2) is 0 Å². The van der Waals surface area contributed by atoms with Crippen LogP contribution >= 0.6 is 0 Å². The Bertz CT molecular complexity index is 258. The van der Waals surface area contributed by atoms with Crippen LogP contribution in [0.25, 0.3) is 0 Å². The molecule has 11 heavy (non-hydrogen) atoms. The van der Waals surface area contributed by atoms with Crippen molar-refractivity contribution in [3.63, 3.8) is 0 Å². The van der Waals surface area contributed by atoms with Gasteiger partial charge in [0.15, 0.2) is 0 Å². The molecule has 0 unspecified atom stereocenters. The summed E-state index contributed by atoms with van der Waals surface area (Å²) in [7, 11) is 0. The number of anilines is 1. The fourth-order valence-corrected chi connectivity index (χ4v) is 0.956. The second-order valence-electron chi connectivity index (χ2n) is 2.60. The molecule has 0 aromatic heterocycles. The molecular formula is C8H12N2O. The molecule has 60 valence electrons. The van der Waals surface area contributed by atoms with Crippen molar-refractivity contribution in [1.29, 1.82) is 0 Å². The number of aromatic hydroxyl groups is 1. The number of phenols is 1. The van der Waals surface area contributed by atoms with E-state index in [0.717, 1.165) is 5.56 Å². The summed E-state index contributed by atoms with van der Waals surface area (Å²) in [6.45, 7) is 1.82. The second kappa shape index (κ2) is 2.80. The number of hydrogen-bond acceptors (Lipinski definition) is 3. The number of hydrogen-bond donors (Lipinski definition) is 3. The minimum Gasteiger partial charge on any atom is -0.508 e. The van der Waals surface area contributed by atoms with Gasteiger partial charge in [0, 0.05) is 11.7 Å². The summed E-state index contributed by atoms with van der Waals surface area (Å²) < 4.78 is 0. The molecule has 0 saturated carbocycles. The van der Waals surface area contributed by atoms with Gasteiger partial charge in [0.25, 0.3) is 0 Å². The van der Waals surface area contributed by atoms with E-state index in [1.807, 2.05) is 6.92 Å². The summed E-state index contributed by atoms with van der Waals surface area (Å²) in [6, 6.07) is 4.64. The van der Waals surface area contributed by atoms with Crippen LogP contribution in [0.1, 0.15) is 18.5 Å². The number of nitrogen functional groups attached to an aromatic ring is 1. The molecule has 0 aliphatic carbocycles. The molecule has 0 bridgehead atoms. The zero-order chi connectivity index (χ0) is 8.43. The van der Waals surface area contributed by atoms with Gasteiger partial charge in [-0.1, -0.05) is 0 Å². The third-order valence-corrected chi connectivity index (χ3v) is 1.56. The Morgan fingerprint density at radius 2 is 2.09 bits per heavy atom. The SMILES string of the molecule is C[C@@H](N)c1cc(O)ccc1N. The van der Waals surface area contributed by atoms with Gasteiger partial charge in [0.2, 0.25) is 0 Å². The summed E-state index contributed by atoms with van der Waals surface area (Å²) in [5.41, 5.74) is 12.6. The normalized spacial score (nSPS) is 12.9. The standard InChI is InChI=1S/C8H12N2O/c1-5(9)7-4-6(11)2-3-8(7)10/h2-5,11H,9-10H2,1H3/t5-/m1/s1. The lowest BCUT2D eigenvalue weighted by Crippen LogP contribution is -2.07. The van der Waals surface area contributed by atoms with Crippen LogP contribution in [-0.2, 0) is 0 Å². The van der Waals surface area contributed by atoms with Crippen molar-refractivity contribution >= 4 is 5.69 Å². The van der Waals surface area contributed by atoms with Crippen LogP contribution in [0.15, 0.2) is 18.2 Å². The van der Waals surface area contributed by atoms with Crippen molar-refractivity contribution in [2.75, 3.05) is 5.73 Å². The summed E-state index contributed by atoms with van der Waals surface area (Å²) >= 11 is 0. The summed E-state index contributed by atoms with van der Waals surface area (Å²) in [5, 5.41) is 9.08. The minimum absolute atomic E-state index is 0.137. The molecule has 1 atom stereocenters. The van der Waals surface area contributed by atoms with E-state index in [1.165, 1.54) is 0 Å². The first kappa shape index (κ1) is 7.88. The van der Waals surface area contributed by atoms with Crippen molar-refractivity contribution in [2.24, 2.45) is 5.73 Å². The number of nitrogens with two attached hydrogens (primary N) is 2. The highest BCUT2D eigenvalue weighted by atomic mass is 16.3. The van der Waals surface area contributed by atoms with Crippen molar-refractivity contribution in [3.8, 4) is 5.75 Å². The van der Waals surface area contributed by atoms with Gasteiger partial charge in [-0.3, -0.25) is 0 Å². The Labute approximate surface area is 65.6 Å². The molecule has 5 N–H and O–H groups in total. The first-order valence-electron chi connectivity index (χ1n) is 3.45. The maximum atomic E-state index is 9.08. The maximum absolute atomic E-state index is 9.08. The molecule has 1 aromatic rings. The van der Waals surface area contributed by atoms with Gasteiger partial charge in [-0.15, -0.1) is 0 Å². The van der Waals surface area contributed by atoms with E-state index < -0.39 is 0 Å². The molecule has 1 aromatic carbocycles. The summed E-state index contributed by atoms with van der Waals surface area (Å²) in [4.78, 5) is 0. The van der Waals surface area contributed by atoms with Crippen LogP contribution in [0.5, 0.6) is 5.75 Å². The van der Waals surface area contributed by atoms with Gasteiger partial charge < -0.3 is 16.6 Å². The van der Waals surface area contributed by atoms with Gasteiger partial charge in [0.1, 0.15) is 5.75 Å². The Kier molecular flexibility index (Phi) is 2.01. The summed E-state index contributed by atoms with van der Waals surface area (Å²) in [6.07, 6.45) is 0. The monoisotopic (exact) mass is 152 g/mol. The van der Waals surface area contributed by atoms with E-state index >= 15 is 0 Å². The lowest BCUT2D eigenvalue weighted by Gasteiger charge is -2.08. The molecule has 3 heteroatoms. The summed E-state index contributed by atoms with van der Waals surface area (Å²) in [5.74, 6) is 0.200. The second-order valence-corrected chi connectivity index (χ2v) is 2.60. The van der Waals surface area contributed by atoms with Crippen LogP contribution in [0.2, 0.25) is 0 Å². The molecule has 0 fully saturated rings. The third kappa shape index (κ3) is 1.62. The Balaban J connectivity index is 3.13. The molecule has 0 aliphatic rings. The minimum atomic E-state index is -0.137. The predicted octanol–water partition coefficient (Wildman–Crippen LogP) is 0.994. The molecular weight excluding hydrogens is 140 g/mol. The van der Waals surface area contributed by atoms with E-state index in [1.54, 1.807) is 18.2 Å². The van der Waals surface area contributed by atoms with E-state index in [-0.39, 0.29) is 11.8 Å². The topological polar surface area (TPSA) is 72.3 Å². The van der Waals surface area contributed by atoms with Crippen LogP contribution in [-0.4, -0.2) is 5.11 Å². The molecule has 0 radical (unpaired) electrons. The molecule has 0 aliphatic heterocycles. The first-order valence-corrected chi connectivity index (χ1v) is 3.45. The fourth-order valence-electron chi connectivity index (χ4n) is 0.956. The van der Waals surface area contributed by atoms with Gasteiger partial charge in [-0.05, 0) is 30.7 Å². The molecule has 0 spiro atoms. The van der Waals surface area contributed by atoms with Crippen molar-refractivity contribution in [3.05, 3.63) is 23.8 Å². The zero-order valence-electron chi connectivity index (χ0n) is 6.41. The van der Waals surface area contributed by atoms with Crippen molar-refractivity contribution in [1.82, 2.24) is 0 Å². The Morgan fingerprint density at radius 1 is 1.45 bits per heavy atom. The van der Waals surface area contributed by atoms with Gasteiger partial charge >= 0.3 is 0 Å². The molecule has 0 saturated heterocycles. The van der Waals surface area contributed by atoms with E-state index in [2.05, 4.69) is 0 Å². The van der Waals surface area contributed by atoms with Crippen LogP contribution in [0.4, 0.5) is 5.69 Å². The average Bonchev–Trinajstić information content (AvgIpc) is 1.94. The quantitative estimate of drug-likeness (QED) is 0.415. The number of rotatable bonds is 1. The Hall–Kier alpha value is -1.22. The predicted molar refractivity (Wildman–Crippen MR) is 45.1 cm³/mol. The van der Waals surface area contributed by atoms with Gasteiger partial charge in [-0.2, -0.15) is 0 Å². The molecule has 0 amide bonds. The molecule has 3 nitrogen and oxygen atoms in total. The molecule has 1 rings (SSSR count). The fraction of sp³-hybridized carbons (Fsp3) is 0.250. The van der Waals surface area contributed by atoms with Crippen LogP contribution in [0.3, 0.4) is 0 Å².